The fourth-order valence-corrected chi connectivity index (χ4v) is 3.27. The summed E-state index contributed by atoms with van der Waals surface area (Å²) < 4.78 is 11.0. The third-order valence-electron chi connectivity index (χ3n) is 5.41. The minimum Gasteiger partial charge on any atom is -0.493 e. The molecule has 0 heterocycles. The molecule has 0 radical (unpaired) electrons. The second-order valence-electron chi connectivity index (χ2n) is 7.99. The van der Waals surface area contributed by atoms with Crippen LogP contribution in [0.2, 0.25) is 0 Å². The predicted octanol–water partition coefficient (Wildman–Crippen LogP) is 5.18. The number of anilines is 2. The average Bonchev–Trinajstić information content (AvgIpc) is 2.85. The van der Waals surface area contributed by atoms with Crippen molar-refractivity contribution in [2.75, 3.05) is 24.4 Å². The SMILES string of the molecule is COc1cc(/C=C(/C#N)C(=O)Nc2ccc(C)c(C)c2)ccc1OCC(=O)Nc1ccccc1C. The smallest absolute Gasteiger partial charge is 0.266 e. The zero-order valence-corrected chi connectivity index (χ0v) is 20.1. The molecule has 2 amide bonds. The lowest BCUT2D eigenvalue weighted by Crippen LogP contribution is -2.20. The molecule has 2 N–H and O–H groups in total. The lowest BCUT2D eigenvalue weighted by atomic mass is 10.1. The van der Waals surface area contributed by atoms with Gasteiger partial charge in [0.2, 0.25) is 0 Å². The number of nitrogens with zero attached hydrogens (tertiary/aromatic N) is 1. The summed E-state index contributed by atoms with van der Waals surface area (Å²) >= 11 is 0. The van der Waals surface area contributed by atoms with Gasteiger partial charge in [0.15, 0.2) is 18.1 Å². The number of ether oxygens (including phenoxy) is 2. The summed E-state index contributed by atoms with van der Waals surface area (Å²) in [4.78, 5) is 24.9. The Labute approximate surface area is 205 Å². The van der Waals surface area contributed by atoms with E-state index in [9.17, 15) is 14.9 Å². The van der Waals surface area contributed by atoms with Gasteiger partial charge in [0.25, 0.3) is 11.8 Å². The molecule has 0 fully saturated rings. The van der Waals surface area contributed by atoms with Crippen LogP contribution in [-0.2, 0) is 9.59 Å². The van der Waals surface area contributed by atoms with E-state index < -0.39 is 5.91 Å². The molecule has 0 saturated heterocycles. The van der Waals surface area contributed by atoms with Gasteiger partial charge in [-0.15, -0.1) is 0 Å². The molecule has 35 heavy (non-hydrogen) atoms. The highest BCUT2D eigenvalue weighted by Gasteiger charge is 2.13. The number of nitrogens with one attached hydrogen (secondary N) is 2. The van der Waals surface area contributed by atoms with E-state index in [2.05, 4.69) is 10.6 Å². The number of amides is 2. The van der Waals surface area contributed by atoms with Gasteiger partial charge in [-0.1, -0.05) is 30.3 Å². The normalized spacial score (nSPS) is 10.8. The van der Waals surface area contributed by atoms with Gasteiger partial charge in [-0.2, -0.15) is 5.26 Å². The zero-order valence-electron chi connectivity index (χ0n) is 20.1. The number of carbonyl (C=O) groups excluding carboxylic acids is 2. The number of methoxy groups -OCH3 is 1. The molecule has 3 aromatic carbocycles. The standard InChI is InChI=1S/C28H27N3O4/c1-18-9-11-23(13-20(18)3)30-28(33)22(16-29)14-21-10-12-25(26(15-21)34-4)35-17-27(32)31-24-8-6-5-7-19(24)2/h5-15H,17H2,1-4H3,(H,30,33)(H,31,32)/b22-14-. The van der Waals surface area contributed by atoms with E-state index >= 15 is 0 Å². The summed E-state index contributed by atoms with van der Waals surface area (Å²) in [6, 6.07) is 19.9. The Hall–Kier alpha value is -4.57. The minimum absolute atomic E-state index is 0.0587. The maximum absolute atomic E-state index is 12.6. The molecule has 0 aliphatic heterocycles. The van der Waals surface area contributed by atoms with Crippen LogP contribution in [0.5, 0.6) is 11.5 Å². The zero-order chi connectivity index (χ0) is 25.4. The Morgan fingerprint density at radius 2 is 1.69 bits per heavy atom. The molecular weight excluding hydrogens is 442 g/mol. The van der Waals surface area contributed by atoms with Gasteiger partial charge in [-0.3, -0.25) is 9.59 Å². The number of benzene rings is 3. The Morgan fingerprint density at radius 1 is 0.914 bits per heavy atom. The highest BCUT2D eigenvalue weighted by Crippen LogP contribution is 2.29. The number of hydrogen-bond acceptors (Lipinski definition) is 5. The van der Waals surface area contributed by atoms with Crippen LogP contribution in [0.1, 0.15) is 22.3 Å². The summed E-state index contributed by atoms with van der Waals surface area (Å²) in [5.74, 6) is -0.0833. The second-order valence-corrected chi connectivity index (χ2v) is 7.99. The third-order valence-corrected chi connectivity index (χ3v) is 5.41. The maximum atomic E-state index is 12.6. The molecule has 7 heteroatoms. The largest absolute Gasteiger partial charge is 0.493 e. The summed E-state index contributed by atoms with van der Waals surface area (Å²) in [5.41, 5.74) is 4.95. The molecule has 0 unspecified atom stereocenters. The van der Waals surface area contributed by atoms with Gasteiger partial charge in [-0.05, 0) is 79.4 Å². The molecule has 0 aliphatic carbocycles. The lowest BCUT2D eigenvalue weighted by molar-refractivity contribution is -0.118. The molecule has 0 atom stereocenters. The number of aryl methyl sites for hydroxylation is 3. The van der Waals surface area contributed by atoms with Crippen molar-refractivity contribution < 1.29 is 19.1 Å². The first-order chi connectivity index (χ1) is 16.8. The Morgan fingerprint density at radius 3 is 2.37 bits per heavy atom. The van der Waals surface area contributed by atoms with Crippen LogP contribution in [0.25, 0.3) is 6.08 Å². The Kier molecular flexibility index (Phi) is 8.25. The van der Waals surface area contributed by atoms with Crippen molar-refractivity contribution in [2.45, 2.75) is 20.8 Å². The fraction of sp³-hybridized carbons (Fsp3) is 0.179. The monoisotopic (exact) mass is 469 g/mol. The van der Waals surface area contributed by atoms with Crippen LogP contribution in [-0.4, -0.2) is 25.5 Å². The van der Waals surface area contributed by atoms with Gasteiger partial charge in [0.1, 0.15) is 11.6 Å². The molecule has 0 saturated carbocycles. The fourth-order valence-electron chi connectivity index (χ4n) is 3.27. The van der Waals surface area contributed by atoms with Gasteiger partial charge >= 0.3 is 0 Å². The first-order valence-corrected chi connectivity index (χ1v) is 11.0. The van der Waals surface area contributed by atoms with Crippen molar-refractivity contribution in [1.82, 2.24) is 0 Å². The van der Waals surface area contributed by atoms with Crippen LogP contribution < -0.4 is 20.1 Å². The number of nitriles is 1. The third kappa shape index (κ3) is 6.71. The van der Waals surface area contributed by atoms with Gasteiger partial charge in [0.05, 0.1) is 7.11 Å². The molecule has 7 nitrogen and oxygen atoms in total. The van der Waals surface area contributed by atoms with E-state index in [-0.39, 0.29) is 18.1 Å². The molecule has 0 bridgehead atoms. The van der Waals surface area contributed by atoms with E-state index in [1.807, 2.05) is 63.2 Å². The topological polar surface area (TPSA) is 100 Å². The number of para-hydroxylation sites is 1. The van der Waals surface area contributed by atoms with E-state index in [0.717, 1.165) is 22.4 Å². The summed E-state index contributed by atoms with van der Waals surface area (Å²) in [6.07, 6.45) is 1.47. The summed E-state index contributed by atoms with van der Waals surface area (Å²) in [5, 5.41) is 15.1. The maximum Gasteiger partial charge on any atom is 0.266 e. The van der Waals surface area contributed by atoms with Crippen LogP contribution >= 0.6 is 0 Å². The first kappa shape index (κ1) is 25.1. The second kappa shape index (κ2) is 11.5. The van der Waals surface area contributed by atoms with Crippen molar-refractivity contribution in [3.63, 3.8) is 0 Å². The van der Waals surface area contributed by atoms with Crippen LogP contribution in [0, 0.1) is 32.1 Å². The van der Waals surface area contributed by atoms with Crippen molar-refractivity contribution >= 4 is 29.3 Å². The number of hydrogen-bond donors (Lipinski definition) is 2. The molecule has 3 aromatic rings. The van der Waals surface area contributed by atoms with Crippen LogP contribution in [0.15, 0.2) is 66.2 Å². The van der Waals surface area contributed by atoms with E-state index in [1.165, 1.54) is 13.2 Å². The van der Waals surface area contributed by atoms with Crippen molar-refractivity contribution in [3.05, 3.63) is 88.5 Å². The predicted molar refractivity (Wildman–Crippen MR) is 136 cm³/mol. The highest BCUT2D eigenvalue weighted by atomic mass is 16.5. The number of carbonyl (C=O) groups is 2. The van der Waals surface area contributed by atoms with Crippen molar-refractivity contribution in [1.29, 1.82) is 5.26 Å². The quantitative estimate of drug-likeness (QED) is 0.350. The van der Waals surface area contributed by atoms with Crippen molar-refractivity contribution in [3.8, 4) is 17.6 Å². The van der Waals surface area contributed by atoms with Crippen molar-refractivity contribution in [2.24, 2.45) is 0 Å². The van der Waals surface area contributed by atoms with Crippen LogP contribution in [0.4, 0.5) is 11.4 Å². The summed E-state index contributed by atoms with van der Waals surface area (Å²) in [7, 11) is 1.47. The van der Waals surface area contributed by atoms with Crippen LogP contribution in [0.3, 0.4) is 0 Å². The minimum atomic E-state index is -0.511. The molecule has 0 aromatic heterocycles. The molecule has 178 valence electrons. The molecule has 0 aliphatic rings. The van der Waals surface area contributed by atoms with Gasteiger partial charge in [-0.25, -0.2) is 0 Å². The van der Waals surface area contributed by atoms with Gasteiger partial charge in [0, 0.05) is 11.4 Å². The lowest BCUT2D eigenvalue weighted by Gasteiger charge is -2.12. The van der Waals surface area contributed by atoms with E-state index in [0.29, 0.717) is 22.7 Å². The highest BCUT2D eigenvalue weighted by molar-refractivity contribution is 6.09. The molecule has 3 rings (SSSR count). The first-order valence-electron chi connectivity index (χ1n) is 11.0. The Balaban J connectivity index is 1.69. The van der Waals surface area contributed by atoms with Gasteiger partial charge < -0.3 is 20.1 Å². The molecule has 0 spiro atoms. The molecular formula is C28H27N3O4. The summed E-state index contributed by atoms with van der Waals surface area (Å²) in [6.45, 7) is 5.64. The Bertz CT molecular complexity index is 1320. The average molecular weight is 470 g/mol. The van der Waals surface area contributed by atoms with E-state index in [4.69, 9.17) is 9.47 Å². The number of rotatable bonds is 8. The van der Waals surface area contributed by atoms with E-state index in [1.54, 1.807) is 24.3 Å².